The molecule has 26 heavy (non-hydrogen) atoms. The Kier molecular flexibility index (Phi) is 8.33. The molecule has 6 nitrogen and oxygen atoms in total. The van der Waals surface area contributed by atoms with Crippen LogP contribution in [0.2, 0.25) is 0 Å². The fourth-order valence-electron chi connectivity index (χ4n) is 1.99. The lowest BCUT2D eigenvalue weighted by molar-refractivity contribution is -0.139. The second-order valence-corrected chi connectivity index (χ2v) is 5.52. The van der Waals surface area contributed by atoms with E-state index in [0.717, 1.165) is 0 Å². The predicted octanol–water partition coefficient (Wildman–Crippen LogP) is 1.56. The molecule has 8 heteroatoms. The van der Waals surface area contributed by atoms with Gasteiger partial charge in [-0.3, -0.25) is 9.59 Å². The molecule has 0 unspecified atom stereocenters. The zero-order valence-corrected chi connectivity index (χ0v) is 13.8. The third kappa shape index (κ3) is 7.37. The molecule has 140 valence electrons. The van der Waals surface area contributed by atoms with Crippen molar-refractivity contribution in [3.05, 3.63) is 71.3 Å². The number of carboxylic acids is 2. The van der Waals surface area contributed by atoms with E-state index in [4.69, 9.17) is 21.7 Å². The first-order valence-corrected chi connectivity index (χ1v) is 7.65. The first-order chi connectivity index (χ1) is 12.2. The Morgan fingerprint density at radius 2 is 1.46 bits per heavy atom. The minimum absolute atomic E-state index is 0.0159. The highest BCUT2D eigenvalue weighted by Crippen LogP contribution is 2.08. The van der Waals surface area contributed by atoms with Crippen LogP contribution in [0.5, 0.6) is 0 Å². The van der Waals surface area contributed by atoms with Crippen LogP contribution in [0.3, 0.4) is 0 Å². The summed E-state index contributed by atoms with van der Waals surface area (Å²) in [4.78, 5) is 20.7. The van der Waals surface area contributed by atoms with Gasteiger partial charge in [-0.05, 0) is 35.7 Å². The number of hydrogen-bond acceptors (Lipinski definition) is 4. The van der Waals surface area contributed by atoms with E-state index in [-0.39, 0.29) is 18.7 Å². The molecule has 6 N–H and O–H groups in total. The third-order valence-electron chi connectivity index (χ3n) is 3.38. The van der Waals surface area contributed by atoms with Crippen LogP contribution in [0.25, 0.3) is 0 Å². The van der Waals surface area contributed by atoms with Crippen molar-refractivity contribution in [3.63, 3.8) is 0 Å². The van der Waals surface area contributed by atoms with E-state index in [1.807, 2.05) is 0 Å². The fourth-order valence-corrected chi connectivity index (χ4v) is 1.99. The molecule has 2 rings (SSSR count). The maximum Gasteiger partial charge on any atom is 0.320 e. The number of benzene rings is 2. The molecule has 0 aliphatic heterocycles. The fraction of sp³-hybridized carbons (Fsp3) is 0.222. The molecular weight excluding hydrogens is 346 g/mol. The van der Waals surface area contributed by atoms with E-state index in [9.17, 15) is 18.4 Å². The number of nitrogens with two attached hydrogens (primary N) is 2. The summed E-state index contributed by atoms with van der Waals surface area (Å²) in [6.07, 6.45) is 0.162. The summed E-state index contributed by atoms with van der Waals surface area (Å²) >= 11 is 0. The van der Waals surface area contributed by atoms with Crippen molar-refractivity contribution in [1.82, 2.24) is 0 Å². The Balaban J connectivity index is 0.000000260. The van der Waals surface area contributed by atoms with E-state index in [1.165, 1.54) is 30.3 Å². The highest BCUT2D eigenvalue weighted by Gasteiger charge is 2.14. The first kappa shape index (κ1) is 21.2. The minimum Gasteiger partial charge on any atom is -0.480 e. The maximum absolute atomic E-state index is 13.0. The lowest BCUT2D eigenvalue weighted by atomic mass is 10.1. The van der Waals surface area contributed by atoms with Crippen molar-refractivity contribution >= 4 is 11.9 Å². The summed E-state index contributed by atoms with van der Waals surface area (Å²) in [7, 11) is 0. The van der Waals surface area contributed by atoms with Gasteiger partial charge in [-0.15, -0.1) is 0 Å². The smallest absolute Gasteiger partial charge is 0.320 e. The van der Waals surface area contributed by atoms with E-state index in [2.05, 4.69) is 0 Å². The van der Waals surface area contributed by atoms with Crippen LogP contribution in [0.15, 0.2) is 48.5 Å². The van der Waals surface area contributed by atoms with Gasteiger partial charge in [0.25, 0.3) is 0 Å². The lowest BCUT2D eigenvalue weighted by Crippen LogP contribution is -2.32. The number of carbonyl (C=O) groups is 2. The molecular formula is C18H20F2N2O4. The second kappa shape index (κ2) is 10.2. The monoisotopic (exact) mass is 366 g/mol. The van der Waals surface area contributed by atoms with Crippen LogP contribution in [-0.2, 0) is 22.4 Å². The maximum atomic E-state index is 13.0. The largest absolute Gasteiger partial charge is 0.480 e. The summed E-state index contributed by atoms with van der Waals surface area (Å²) in [6.45, 7) is 0. The molecule has 0 aliphatic carbocycles. The lowest BCUT2D eigenvalue weighted by Gasteiger charge is -2.06. The first-order valence-electron chi connectivity index (χ1n) is 7.65. The molecule has 0 aliphatic rings. The van der Waals surface area contributed by atoms with Crippen molar-refractivity contribution in [1.29, 1.82) is 0 Å². The van der Waals surface area contributed by atoms with Crippen molar-refractivity contribution in [2.24, 2.45) is 11.5 Å². The number of hydrogen-bond donors (Lipinski definition) is 4. The Labute approximate surface area is 149 Å². The summed E-state index contributed by atoms with van der Waals surface area (Å²) in [5.74, 6) is -3.00. The average Bonchev–Trinajstić information content (AvgIpc) is 2.57. The van der Waals surface area contributed by atoms with Gasteiger partial charge in [0.2, 0.25) is 0 Å². The number of rotatable bonds is 6. The zero-order chi connectivity index (χ0) is 19.7. The Morgan fingerprint density at radius 3 is 2.00 bits per heavy atom. The van der Waals surface area contributed by atoms with E-state index >= 15 is 0 Å². The van der Waals surface area contributed by atoms with Gasteiger partial charge >= 0.3 is 11.9 Å². The Morgan fingerprint density at radius 1 is 0.885 bits per heavy atom. The summed E-state index contributed by atoms with van der Waals surface area (Å²) in [5, 5.41) is 17.0. The van der Waals surface area contributed by atoms with Crippen molar-refractivity contribution < 1.29 is 28.6 Å². The SMILES string of the molecule is N[C@@H](Cc1cccc(F)c1)C(=O)O.N[C@@H](Cc1ccccc1F)C(=O)O. The van der Waals surface area contributed by atoms with Crippen LogP contribution in [0.4, 0.5) is 8.78 Å². The Hall–Kier alpha value is -2.84. The van der Waals surface area contributed by atoms with Gasteiger partial charge in [0, 0.05) is 6.42 Å². The van der Waals surface area contributed by atoms with Gasteiger partial charge in [-0.25, -0.2) is 8.78 Å². The van der Waals surface area contributed by atoms with Crippen molar-refractivity contribution in [2.45, 2.75) is 24.9 Å². The highest BCUT2D eigenvalue weighted by molar-refractivity contribution is 5.73. The van der Waals surface area contributed by atoms with Gasteiger partial charge in [-0.1, -0.05) is 30.3 Å². The molecule has 0 amide bonds. The number of aliphatic carboxylic acids is 2. The quantitative estimate of drug-likeness (QED) is 0.614. The average molecular weight is 366 g/mol. The predicted molar refractivity (Wildman–Crippen MR) is 91.4 cm³/mol. The number of carboxylic acid groups (broad SMARTS) is 2. The van der Waals surface area contributed by atoms with E-state index in [0.29, 0.717) is 11.1 Å². The van der Waals surface area contributed by atoms with Crippen LogP contribution < -0.4 is 11.5 Å². The topological polar surface area (TPSA) is 127 Å². The van der Waals surface area contributed by atoms with Crippen molar-refractivity contribution in [3.8, 4) is 0 Å². The normalized spacial score (nSPS) is 12.5. The number of halogens is 2. The third-order valence-corrected chi connectivity index (χ3v) is 3.38. The molecule has 0 aromatic heterocycles. The standard InChI is InChI=1S/2C9H10FNO2/c10-7-3-1-2-6(4-7)5-8(11)9(12)13;10-7-4-2-1-3-6(7)5-8(11)9(12)13/h2*1-4,8H,5,11H2,(H,12,13)/t2*8-/m00/s1. The van der Waals surface area contributed by atoms with E-state index in [1.54, 1.807) is 18.2 Å². The summed E-state index contributed by atoms with van der Waals surface area (Å²) in [5.41, 5.74) is 11.5. The van der Waals surface area contributed by atoms with Crippen LogP contribution >= 0.6 is 0 Å². The minimum atomic E-state index is -1.12. The summed E-state index contributed by atoms with van der Waals surface area (Å²) in [6, 6.07) is 9.74. The molecule has 0 bridgehead atoms. The zero-order valence-electron chi connectivity index (χ0n) is 13.8. The second-order valence-electron chi connectivity index (χ2n) is 5.52. The van der Waals surface area contributed by atoms with E-state index < -0.39 is 29.8 Å². The molecule has 0 saturated heterocycles. The molecule has 0 saturated carbocycles. The van der Waals surface area contributed by atoms with Gasteiger partial charge < -0.3 is 21.7 Å². The molecule has 0 fully saturated rings. The van der Waals surface area contributed by atoms with Gasteiger partial charge in [0.1, 0.15) is 23.7 Å². The molecule has 2 aromatic rings. The molecule has 0 heterocycles. The van der Waals surface area contributed by atoms with Crippen LogP contribution in [0, 0.1) is 11.6 Å². The molecule has 2 aromatic carbocycles. The van der Waals surface area contributed by atoms with Crippen molar-refractivity contribution in [2.75, 3.05) is 0 Å². The molecule has 0 radical (unpaired) electrons. The summed E-state index contributed by atoms with van der Waals surface area (Å²) < 4.78 is 25.6. The Bertz CT molecular complexity index is 755. The molecule has 2 atom stereocenters. The highest BCUT2D eigenvalue weighted by atomic mass is 19.1. The van der Waals surface area contributed by atoms with Gasteiger partial charge in [0.05, 0.1) is 0 Å². The van der Waals surface area contributed by atoms with Crippen LogP contribution in [-0.4, -0.2) is 34.2 Å². The van der Waals surface area contributed by atoms with Gasteiger partial charge in [-0.2, -0.15) is 0 Å². The van der Waals surface area contributed by atoms with Gasteiger partial charge in [0.15, 0.2) is 0 Å². The van der Waals surface area contributed by atoms with Crippen LogP contribution in [0.1, 0.15) is 11.1 Å². The molecule has 0 spiro atoms.